The summed E-state index contributed by atoms with van der Waals surface area (Å²) in [5, 5.41) is 18.8. The summed E-state index contributed by atoms with van der Waals surface area (Å²) in [5.74, 6) is 0.998. The molecule has 1 aliphatic heterocycles. The lowest BCUT2D eigenvalue weighted by molar-refractivity contribution is -0.384. The number of nitrogens with zero attached hydrogens (tertiary/aromatic N) is 3. The molecule has 1 aromatic rings. The Hall–Kier alpha value is -1.63. The van der Waals surface area contributed by atoms with Crippen LogP contribution < -0.4 is 5.32 Å². The summed E-state index contributed by atoms with van der Waals surface area (Å²) in [7, 11) is 0. The van der Waals surface area contributed by atoms with Crippen LogP contribution in [0.25, 0.3) is 0 Å². The summed E-state index contributed by atoms with van der Waals surface area (Å²) >= 11 is 0. The van der Waals surface area contributed by atoms with E-state index in [-0.39, 0.29) is 16.7 Å². The largest absolute Gasteiger partial charge is 0.381 e. The Balaban J connectivity index is 2.20. The molecule has 1 saturated heterocycles. The molecule has 0 saturated carbocycles. The first-order chi connectivity index (χ1) is 9.54. The Labute approximate surface area is 118 Å². The number of nitrogens with one attached hydrogen (secondary N) is 1. The molecule has 7 nitrogen and oxygen atoms in total. The van der Waals surface area contributed by atoms with Crippen molar-refractivity contribution in [3.05, 3.63) is 15.8 Å². The van der Waals surface area contributed by atoms with E-state index in [2.05, 4.69) is 17.3 Å². The van der Waals surface area contributed by atoms with Gasteiger partial charge in [-0.05, 0) is 39.5 Å². The molecule has 0 bridgehead atoms. The minimum Gasteiger partial charge on any atom is -0.381 e. The number of aromatic nitrogens is 2. The van der Waals surface area contributed by atoms with Crippen molar-refractivity contribution in [1.29, 1.82) is 0 Å². The van der Waals surface area contributed by atoms with Crippen LogP contribution in [-0.4, -0.2) is 34.0 Å². The molecule has 112 valence electrons. The van der Waals surface area contributed by atoms with Crippen molar-refractivity contribution < 1.29 is 9.66 Å². The predicted octanol–water partition coefficient (Wildman–Crippen LogP) is 2.35. The molecule has 1 fully saturated rings. The van der Waals surface area contributed by atoms with Crippen molar-refractivity contribution in [2.24, 2.45) is 5.92 Å². The van der Waals surface area contributed by atoms with Gasteiger partial charge in [0.2, 0.25) is 5.82 Å². The van der Waals surface area contributed by atoms with Gasteiger partial charge in [-0.25, -0.2) is 4.68 Å². The minimum atomic E-state index is -0.354. The molecule has 1 atom stereocenters. The summed E-state index contributed by atoms with van der Waals surface area (Å²) in [4.78, 5) is 10.9. The van der Waals surface area contributed by atoms with Crippen molar-refractivity contribution in [2.45, 2.75) is 46.2 Å². The average Bonchev–Trinajstić information content (AvgIpc) is 2.75. The second-order valence-corrected chi connectivity index (χ2v) is 5.24. The van der Waals surface area contributed by atoms with Gasteiger partial charge >= 0.3 is 5.69 Å². The quantitative estimate of drug-likeness (QED) is 0.662. The summed E-state index contributed by atoms with van der Waals surface area (Å²) in [6.45, 7) is 7.82. The van der Waals surface area contributed by atoms with Crippen LogP contribution in [0.2, 0.25) is 0 Å². The topological polar surface area (TPSA) is 82.2 Å². The van der Waals surface area contributed by atoms with E-state index in [1.807, 2.05) is 6.92 Å². The van der Waals surface area contributed by atoms with E-state index in [4.69, 9.17) is 4.74 Å². The molecule has 0 aliphatic carbocycles. The molecule has 7 heteroatoms. The lowest BCUT2D eigenvalue weighted by Gasteiger charge is -2.28. The highest BCUT2D eigenvalue weighted by molar-refractivity contribution is 5.60. The van der Waals surface area contributed by atoms with Crippen LogP contribution in [0.15, 0.2) is 0 Å². The molecule has 2 heterocycles. The van der Waals surface area contributed by atoms with Gasteiger partial charge < -0.3 is 10.1 Å². The molecule has 0 radical (unpaired) electrons. The molecule has 1 aromatic heterocycles. The van der Waals surface area contributed by atoms with Crippen LogP contribution in [0.3, 0.4) is 0 Å². The third-order valence-electron chi connectivity index (χ3n) is 3.92. The Morgan fingerprint density at radius 2 is 2.20 bits per heavy atom. The van der Waals surface area contributed by atoms with Gasteiger partial charge in [0.25, 0.3) is 0 Å². The molecule has 1 aliphatic rings. The van der Waals surface area contributed by atoms with Gasteiger partial charge in [-0.1, -0.05) is 0 Å². The molecule has 0 spiro atoms. The van der Waals surface area contributed by atoms with E-state index in [1.165, 1.54) is 0 Å². The molecule has 1 N–H and O–H groups in total. The van der Waals surface area contributed by atoms with Crippen molar-refractivity contribution in [2.75, 3.05) is 18.5 Å². The molecule has 2 rings (SSSR count). The Morgan fingerprint density at radius 1 is 1.55 bits per heavy atom. The average molecular weight is 282 g/mol. The summed E-state index contributed by atoms with van der Waals surface area (Å²) in [6, 6.07) is 0.166. The van der Waals surface area contributed by atoms with Crippen LogP contribution in [-0.2, 0) is 11.3 Å². The lowest BCUT2D eigenvalue weighted by Crippen LogP contribution is -2.32. The number of anilines is 1. The Kier molecular flexibility index (Phi) is 4.59. The van der Waals surface area contributed by atoms with Crippen molar-refractivity contribution >= 4 is 11.5 Å². The monoisotopic (exact) mass is 282 g/mol. The second kappa shape index (κ2) is 6.21. The Bertz CT molecular complexity index is 480. The third-order valence-corrected chi connectivity index (χ3v) is 3.92. The fourth-order valence-electron chi connectivity index (χ4n) is 2.71. The molecule has 0 amide bonds. The molecular formula is C13H22N4O3. The number of ether oxygens (including phenoxy) is 1. The standard InChI is InChI=1S/C13H22N4O3/c1-4-16-13(12(17(18)19)10(3)15-16)14-9(2)11-5-7-20-8-6-11/h9,11,14H,4-8H2,1-3H3. The van der Waals surface area contributed by atoms with E-state index >= 15 is 0 Å². The maximum atomic E-state index is 11.2. The van der Waals surface area contributed by atoms with Crippen LogP contribution >= 0.6 is 0 Å². The molecule has 1 unspecified atom stereocenters. The molecular weight excluding hydrogens is 260 g/mol. The maximum absolute atomic E-state index is 11.2. The zero-order valence-electron chi connectivity index (χ0n) is 12.3. The zero-order valence-corrected chi connectivity index (χ0v) is 12.3. The highest BCUT2D eigenvalue weighted by atomic mass is 16.6. The number of aryl methyl sites for hydroxylation is 2. The van der Waals surface area contributed by atoms with Crippen molar-refractivity contribution in [1.82, 2.24) is 9.78 Å². The summed E-state index contributed by atoms with van der Waals surface area (Å²) < 4.78 is 7.03. The van der Waals surface area contributed by atoms with E-state index in [0.717, 1.165) is 26.1 Å². The number of hydrogen-bond donors (Lipinski definition) is 1. The summed E-state index contributed by atoms with van der Waals surface area (Å²) in [5.41, 5.74) is 0.546. The normalized spacial score (nSPS) is 17.9. The van der Waals surface area contributed by atoms with E-state index < -0.39 is 0 Å². The van der Waals surface area contributed by atoms with Crippen molar-refractivity contribution in [3.63, 3.8) is 0 Å². The fraction of sp³-hybridized carbons (Fsp3) is 0.769. The van der Waals surface area contributed by atoms with Gasteiger partial charge in [0.15, 0.2) is 0 Å². The smallest absolute Gasteiger partial charge is 0.333 e. The maximum Gasteiger partial charge on any atom is 0.333 e. The van der Waals surface area contributed by atoms with Crippen molar-refractivity contribution in [3.8, 4) is 0 Å². The van der Waals surface area contributed by atoms with Gasteiger partial charge in [-0.15, -0.1) is 0 Å². The first kappa shape index (κ1) is 14.8. The third kappa shape index (κ3) is 2.92. The number of hydrogen-bond acceptors (Lipinski definition) is 5. The predicted molar refractivity (Wildman–Crippen MR) is 75.9 cm³/mol. The second-order valence-electron chi connectivity index (χ2n) is 5.24. The van der Waals surface area contributed by atoms with Crippen LogP contribution in [0.4, 0.5) is 11.5 Å². The van der Waals surface area contributed by atoms with E-state index in [1.54, 1.807) is 11.6 Å². The minimum absolute atomic E-state index is 0.0887. The number of rotatable bonds is 5. The van der Waals surface area contributed by atoms with Crippen LogP contribution in [0.5, 0.6) is 0 Å². The zero-order chi connectivity index (χ0) is 14.7. The van der Waals surface area contributed by atoms with Crippen LogP contribution in [0, 0.1) is 23.0 Å². The lowest BCUT2D eigenvalue weighted by atomic mass is 9.93. The summed E-state index contributed by atoms with van der Waals surface area (Å²) in [6.07, 6.45) is 1.97. The van der Waals surface area contributed by atoms with Gasteiger partial charge in [-0.2, -0.15) is 5.10 Å². The van der Waals surface area contributed by atoms with Gasteiger partial charge in [0.05, 0.1) is 4.92 Å². The highest BCUT2D eigenvalue weighted by Crippen LogP contribution is 2.30. The number of nitro groups is 1. The van der Waals surface area contributed by atoms with E-state index in [9.17, 15) is 10.1 Å². The molecule has 0 aromatic carbocycles. The van der Waals surface area contributed by atoms with E-state index in [0.29, 0.717) is 24.0 Å². The Morgan fingerprint density at radius 3 is 2.75 bits per heavy atom. The SMILES string of the molecule is CCn1nc(C)c([N+](=O)[O-])c1NC(C)C1CCOCC1. The van der Waals surface area contributed by atoms with Crippen LogP contribution in [0.1, 0.15) is 32.4 Å². The fourth-order valence-corrected chi connectivity index (χ4v) is 2.71. The van der Waals surface area contributed by atoms with Gasteiger partial charge in [0, 0.05) is 25.8 Å². The first-order valence-electron chi connectivity index (χ1n) is 7.10. The van der Waals surface area contributed by atoms with Gasteiger partial charge in [-0.3, -0.25) is 10.1 Å². The molecule has 20 heavy (non-hydrogen) atoms. The highest BCUT2D eigenvalue weighted by Gasteiger charge is 2.28. The van der Waals surface area contributed by atoms with Gasteiger partial charge in [0.1, 0.15) is 5.69 Å². The first-order valence-corrected chi connectivity index (χ1v) is 7.10.